The fourth-order valence-corrected chi connectivity index (χ4v) is 2.86. The summed E-state index contributed by atoms with van der Waals surface area (Å²) in [6.45, 7) is 3.62. The summed E-state index contributed by atoms with van der Waals surface area (Å²) in [7, 11) is 3.02. The third-order valence-corrected chi connectivity index (χ3v) is 4.38. The molecule has 0 radical (unpaired) electrons. The third kappa shape index (κ3) is 3.14. The van der Waals surface area contributed by atoms with Crippen LogP contribution in [0.3, 0.4) is 0 Å². The van der Waals surface area contributed by atoms with Gasteiger partial charge in [-0.25, -0.2) is 4.98 Å². The van der Waals surface area contributed by atoms with Crippen LogP contribution in [-0.4, -0.2) is 43.2 Å². The van der Waals surface area contributed by atoms with Crippen molar-refractivity contribution in [2.75, 3.05) is 31.0 Å². The molecule has 1 aliphatic rings. The molecule has 0 saturated carbocycles. The van der Waals surface area contributed by atoms with E-state index in [9.17, 15) is 9.59 Å². The second-order valence-corrected chi connectivity index (χ2v) is 6.03. The Kier molecular flexibility index (Phi) is 4.89. The van der Waals surface area contributed by atoms with E-state index in [2.05, 4.69) is 10.3 Å². The van der Waals surface area contributed by atoms with Gasteiger partial charge in [-0.2, -0.15) is 0 Å². The molecule has 2 heterocycles. The van der Waals surface area contributed by atoms with Crippen molar-refractivity contribution >= 4 is 23.3 Å². The van der Waals surface area contributed by atoms with E-state index in [-0.39, 0.29) is 0 Å². The van der Waals surface area contributed by atoms with Gasteiger partial charge in [-0.1, -0.05) is 0 Å². The van der Waals surface area contributed by atoms with Crippen LogP contribution in [0.4, 0.5) is 11.5 Å². The lowest BCUT2D eigenvalue weighted by atomic mass is 10.0. The van der Waals surface area contributed by atoms with Crippen LogP contribution in [0.15, 0.2) is 36.5 Å². The van der Waals surface area contributed by atoms with Crippen molar-refractivity contribution in [2.24, 2.45) is 0 Å². The molecule has 0 fully saturated rings. The first-order valence-electron chi connectivity index (χ1n) is 8.44. The van der Waals surface area contributed by atoms with Crippen molar-refractivity contribution in [3.63, 3.8) is 0 Å². The van der Waals surface area contributed by atoms with Crippen LogP contribution >= 0.6 is 0 Å². The molecule has 1 aromatic carbocycles. The number of likely N-dealkylation sites (N-methyl/N-ethyl adjacent to an activating group) is 1. The maximum atomic E-state index is 13.0. The summed E-state index contributed by atoms with van der Waals surface area (Å²) in [4.78, 5) is 31.6. The summed E-state index contributed by atoms with van der Waals surface area (Å²) in [5.74, 6) is 0.669. The molecule has 1 atom stereocenters. The van der Waals surface area contributed by atoms with Gasteiger partial charge in [0.25, 0.3) is 17.4 Å². The standard InChI is InChI=1S/C19H21N3O5/c1-5-22-16-14(7-6-10-20-16)27-19(2,18(22)24)17(23)21-13-9-8-12(25-3)11-15(13)26-4/h6-11H,5H2,1-4H3,(H,21,23). The van der Waals surface area contributed by atoms with E-state index in [0.717, 1.165) is 0 Å². The minimum atomic E-state index is -1.74. The number of carbonyl (C=O) groups is 2. The SMILES string of the molecule is CCN1C(=O)C(C)(C(=O)Nc2ccc(OC)cc2OC)Oc2cccnc21. The van der Waals surface area contributed by atoms with E-state index in [4.69, 9.17) is 14.2 Å². The highest BCUT2D eigenvalue weighted by Gasteiger charge is 2.51. The van der Waals surface area contributed by atoms with E-state index in [1.807, 2.05) is 6.92 Å². The fourth-order valence-electron chi connectivity index (χ4n) is 2.86. The van der Waals surface area contributed by atoms with Crippen LogP contribution in [0.25, 0.3) is 0 Å². The lowest BCUT2D eigenvalue weighted by molar-refractivity contribution is -0.145. The molecule has 142 valence electrons. The Labute approximate surface area is 157 Å². The Morgan fingerprint density at radius 1 is 1.30 bits per heavy atom. The van der Waals surface area contributed by atoms with Crippen LogP contribution in [0.1, 0.15) is 13.8 Å². The van der Waals surface area contributed by atoms with Crippen LogP contribution in [-0.2, 0) is 9.59 Å². The van der Waals surface area contributed by atoms with Gasteiger partial charge in [-0.3, -0.25) is 14.5 Å². The number of methoxy groups -OCH3 is 2. The molecule has 1 aromatic heterocycles. The number of nitrogens with one attached hydrogen (secondary N) is 1. The molecular weight excluding hydrogens is 350 g/mol. The summed E-state index contributed by atoms with van der Waals surface area (Å²) in [5.41, 5.74) is -1.34. The fraction of sp³-hybridized carbons (Fsp3) is 0.316. The predicted molar refractivity (Wildman–Crippen MR) is 99.5 cm³/mol. The molecule has 2 amide bonds. The zero-order valence-corrected chi connectivity index (χ0v) is 15.6. The van der Waals surface area contributed by atoms with Gasteiger partial charge in [0.05, 0.1) is 19.9 Å². The normalized spacial score (nSPS) is 18.4. The summed E-state index contributed by atoms with van der Waals surface area (Å²) in [5, 5.41) is 2.72. The number of ether oxygens (including phenoxy) is 3. The van der Waals surface area contributed by atoms with Gasteiger partial charge in [0, 0.05) is 18.8 Å². The first-order chi connectivity index (χ1) is 12.9. The molecule has 0 saturated heterocycles. The van der Waals surface area contributed by atoms with E-state index >= 15 is 0 Å². The van der Waals surface area contributed by atoms with Gasteiger partial charge in [0.15, 0.2) is 11.6 Å². The Morgan fingerprint density at radius 2 is 2.07 bits per heavy atom. The zero-order chi connectivity index (χ0) is 19.6. The van der Waals surface area contributed by atoms with Crippen LogP contribution in [0, 0.1) is 0 Å². The van der Waals surface area contributed by atoms with E-state index in [0.29, 0.717) is 35.3 Å². The first-order valence-corrected chi connectivity index (χ1v) is 8.44. The highest BCUT2D eigenvalue weighted by molar-refractivity contribution is 6.19. The Bertz CT molecular complexity index is 885. The number of hydrogen-bond acceptors (Lipinski definition) is 6. The van der Waals surface area contributed by atoms with Gasteiger partial charge in [0.1, 0.15) is 11.5 Å². The monoisotopic (exact) mass is 371 g/mol. The first kappa shape index (κ1) is 18.5. The topological polar surface area (TPSA) is 90.0 Å². The second-order valence-electron chi connectivity index (χ2n) is 6.03. The summed E-state index contributed by atoms with van der Waals surface area (Å²) in [6, 6.07) is 8.32. The van der Waals surface area contributed by atoms with Crippen molar-refractivity contribution < 1.29 is 23.8 Å². The maximum absolute atomic E-state index is 13.0. The highest BCUT2D eigenvalue weighted by Crippen LogP contribution is 2.37. The molecule has 1 aliphatic heterocycles. The van der Waals surface area contributed by atoms with E-state index in [1.54, 1.807) is 36.5 Å². The number of carbonyl (C=O) groups excluding carboxylic acids is 2. The molecule has 2 aromatic rings. The van der Waals surface area contributed by atoms with Gasteiger partial charge < -0.3 is 19.5 Å². The van der Waals surface area contributed by atoms with E-state index < -0.39 is 17.4 Å². The molecular formula is C19H21N3O5. The van der Waals surface area contributed by atoms with Crippen molar-refractivity contribution in [2.45, 2.75) is 19.4 Å². The van der Waals surface area contributed by atoms with Gasteiger partial charge >= 0.3 is 0 Å². The number of pyridine rings is 1. The van der Waals surface area contributed by atoms with Gasteiger partial charge in [-0.05, 0) is 38.1 Å². The molecule has 1 N–H and O–H groups in total. The lowest BCUT2D eigenvalue weighted by Gasteiger charge is -2.38. The Hall–Kier alpha value is -3.29. The largest absolute Gasteiger partial charge is 0.497 e. The summed E-state index contributed by atoms with van der Waals surface area (Å²) >= 11 is 0. The van der Waals surface area contributed by atoms with Crippen molar-refractivity contribution in [3.05, 3.63) is 36.5 Å². The number of hydrogen-bond donors (Lipinski definition) is 1. The number of benzene rings is 1. The molecule has 0 aliphatic carbocycles. The number of amides is 2. The average molecular weight is 371 g/mol. The summed E-state index contributed by atoms with van der Waals surface area (Å²) < 4.78 is 16.2. The minimum Gasteiger partial charge on any atom is -0.497 e. The van der Waals surface area contributed by atoms with Crippen molar-refractivity contribution in [1.29, 1.82) is 0 Å². The molecule has 8 heteroatoms. The zero-order valence-electron chi connectivity index (χ0n) is 15.6. The average Bonchev–Trinajstić information content (AvgIpc) is 2.69. The molecule has 27 heavy (non-hydrogen) atoms. The van der Waals surface area contributed by atoms with Gasteiger partial charge in [-0.15, -0.1) is 0 Å². The van der Waals surface area contributed by atoms with Crippen LogP contribution in [0.2, 0.25) is 0 Å². The quantitative estimate of drug-likeness (QED) is 0.811. The molecule has 8 nitrogen and oxygen atoms in total. The van der Waals surface area contributed by atoms with Crippen LogP contribution in [0.5, 0.6) is 17.2 Å². The number of nitrogens with zero attached hydrogens (tertiary/aromatic N) is 2. The molecule has 0 spiro atoms. The summed E-state index contributed by atoms with van der Waals surface area (Å²) in [6.07, 6.45) is 1.57. The van der Waals surface area contributed by atoms with E-state index in [1.165, 1.54) is 26.0 Å². The third-order valence-electron chi connectivity index (χ3n) is 4.38. The maximum Gasteiger partial charge on any atom is 0.282 e. The second kappa shape index (κ2) is 7.14. The smallest absolute Gasteiger partial charge is 0.282 e. The number of fused-ring (bicyclic) bond motifs is 1. The van der Waals surface area contributed by atoms with Crippen molar-refractivity contribution in [3.8, 4) is 17.2 Å². The number of anilines is 2. The minimum absolute atomic E-state index is 0.362. The van der Waals surface area contributed by atoms with Crippen LogP contribution < -0.4 is 24.4 Å². The molecule has 0 bridgehead atoms. The molecule has 1 unspecified atom stereocenters. The van der Waals surface area contributed by atoms with Crippen molar-refractivity contribution in [1.82, 2.24) is 4.98 Å². The predicted octanol–water partition coefficient (Wildman–Crippen LogP) is 2.24. The lowest BCUT2D eigenvalue weighted by Crippen LogP contribution is -2.60. The number of rotatable bonds is 5. The number of aromatic nitrogens is 1. The molecule has 3 rings (SSSR count). The Morgan fingerprint density at radius 3 is 2.74 bits per heavy atom. The highest BCUT2D eigenvalue weighted by atomic mass is 16.5. The van der Waals surface area contributed by atoms with Gasteiger partial charge in [0.2, 0.25) is 0 Å². The Balaban J connectivity index is 1.93.